The van der Waals surface area contributed by atoms with Gasteiger partial charge in [-0.05, 0) is 31.5 Å². The van der Waals surface area contributed by atoms with Crippen LogP contribution >= 0.6 is 0 Å². The van der Waals surface area contributed by atoms with Gasteiger partial charge in [0.05, 0.1) is 12.0 Å². The molecule has 1 aromatic carbocycles. The molecule has 1 aromatic rings. The first kappa shape index (κ1) is 15.5. The highest BCUT2D eigenvalue weighted by Crippen LogP contribution is 2.31. The lowest BCUT2D eigenvalue weighted by Gasteiger charge is -2.30. The quantitative estimate of drug-likeness (QED) is 0.863. The first-order valence-electron chi connectivity index (χ1n) is 7.38. The van der Waals surface area contributed by atoms with Crippen molar-refractivity contribution in [3.05, 3.63) is 30.3 Å². The molecule has 0 spiro atoms. The van der Waals surface area contributed by atoms with Gasteiger partial charge in [-0.15, -0.1) is 0 Å². The van der Waals surface area contributed by atoms with Crippen LogP contribution in [-0.4, -0.2) is 43.4 Å². The molecule has 5 heteroatoms. The van der Waals surface area contributed by atoms with Gasteiger partial charge in [-0.25, -0.2) is 0 Å². The molecule has 114 valence electrons. The van der Waals surface area contributed by atoms with E-state index in [1.165, 1.54) is 4.90 Å². The van der Waals surface area contributed by atoms with Crippen LogP contribution in [0.1, 0.15) is 19.8 Å². The largest absolute Gasteiger partial charge is 0.336 e. The summed E-state index contributed by atoms with van der Waals surface area (Å²) in [5.41, 5.74) is 0.401. The Morgan fingerprint density at radius 2 is 2.05 bits per heavy atom. The number of benzene rings is 1. The summed E-state index contributed by atoms with van der Waals surface area (Å²) in [6, 6.07) is 9.27. The minimum atomic E-state index is -0.345. The molecule has 1 fully saturated rings. The number of carbonyl (C=O) groups excluding carboxylic acids is 2. The van der Waals surface area contributed by atoms with E-state index in [0.717, 1.165) is 25.1 Å². The van der Waals surface area contributed by atoms with Crippen LogP contribution in [0.4, 0.5) is 5.69 Å². The second-order valence-electron chi connectivity index (χ2n) is 5.64. The predicted octanol–water partition coefficient (Wildman–Crippen LogP) is 1.47. The fraction of sp³-hybridized carbons (Fsp3) is 0.500. The molecule has 2 amide bonds. The fourth-order valence-corrected chi connectivity index (χ4v) is 2.79. The van der Waals surface area contributed by atoms with Crippen molar-refractivity contribution in [1.82, 2.24) is 10.2 Å². The normalized spacial score (nSPS) is 21.0. The fourth-order valence-electron chi connectivity index (χ4n) is 2.79. The summed E-state index contributed by atoms with van der Waals surface area (Å²) < 4.78 is 0. The number of carbonyl (C=O) groups is 2. The van der Waals surface area contributed by atoms with Gasteiger partial charge in [0.1, 0.15) is 0 Å². The van der Waals surface area contributed by atoms with Crippen molar-refractivity contribution in [1.29, 1.82) is 0 Å². The molecule has 1 unspecified atom stereocenters. The second-order valence-corrected chi connectivity index (χ2v) is 5.64. The van der Waals surface area contributed by atoms with E-state index >= 15 is 0 Å². The highest BCUT2D eigenvalue weighted by Gasteiger charge is 2.41. The SMILES string of the molecule is CCC1(C(=O)N(C)CC(=O)Nc2ccccc2)CCNC1. The number of nitrogens with zero attached hydrogens (tertiary/aromatic N) is 1. The number of likely N-dealkylation sites (N-methyl/N-ethyl adjacent to an activating group) is 1. The smallest absolute Gasteiger partial charge is 0.243 e. The molecular formula is C16H23N3O2. The van der Waals surface area contributed by atoms with Gasteiger partial charge in [-0.2, -0.15) is 0 Å². The van der Waals surface area contributed by atoms with E-state index in [2.05, 4.69) is 10.6 Å². The van der Waals surface area contributed by atoms with Crippen molar-refractivity contribution in [2.24, 2.45) is 5.41 Å². The van der Waals surface area contributed by atoms with Crippen LogP contribution in [0.3, 0.4) is 0 Å². The Labute approximate surface area is 125 Å². The zero-order chi connectivity index (χ0) is 15.3. The third-order valence-corrected chi connectivity index (χ3v) is 4.16. The van der Waals surface area contributed by atoms with Crippen LogP contribution in [0.5, 0.6) is 0 Å². The third-order valence-electron chi connectivity index (χ3n) is 4.16. The highest BCUT2D eigenvalue weighted by molar-refractivity contribution is 5.95. The Hall–Kier alpha value is -1.88. The van der Waals surface area contributed by atoms with Crippen LogP contribution in [-0.2, 0) is 9.59 Å². The summed E-state index contributed by atoms with van der Waals surface area (Å²) in [6.45, 7) is 3.68. The molecule has 5 nitrogen and oxygen atoms in total. The van der Waals surface area contributed by atoms with Gasteiger partial charge in [0, 0.05) is 19.3 Å². The van der Waals surface area contributed by atoms with Crippen LogP contribution < -0.4 is 10.6 Å². The van der Waals surface area contributed by atoms with Gasteiger partial charge < -0.3 is 15.5 Å². The maximum absolute atomic E-state index is 12.6. The Morgan fingerprint density at radius 3 is 2.62 bits per heavy atom. The number of rotatable bonds is 5. The molecule has 0 bridgehead atoms. The minimum absolute atomic E-state index is 0.0539. The average Bonchev–Trinajstić information content (AvgIpc) is 2.97. The zero-order valence-corrected chi connectivity index (χ0v) is 12.7. The van der Waals surface area contributed by atoms with E-state index in [4.69, 9.17) is 0 Å². The molecule has 1 aliphatic heterocycles. The minimum Gasteiger partial charge on any atom is -0.336 e. The van der Waals surface area contributed by atoms with Gasteiger partial charge in [-0.3, -0.25) is 9.59 Å². The van der Waals surface area contributed by atoms with Crippen molar-refractivity contribution in [2.75, 3.05) is 32.0 Å². The summed E-state index contributed by atoms with van der Waals surface area (Å²) in [5, 5.41) is 6.05. The standard InChI is InChI=1S/C16H23N3O2/c1-3-16(9-10-17-12-16)15(21)19(2)11-14(20)18-13-7-5-4-6-8-13/h4-8,17H,3,9-12H2,1-2H3,(H,18,20). The zero-order valence-electron chi connectivity index (χ0n) is 12.7. The van der Waals surface area contributed by atoms with Crippen LogP contribution in [0.25, 0.3) is 0 Å². The van der Waals surface area contributed by atoms with E-state index < -0.39 is 0 Å². The van der Waals surface area contributed by atoms with Crippen LogP contribution in [0.2, 0.25) is 0 Å². The van der Waals surface area contributed by atoms with E-state index in [-0.39, 0.29) is 23.8 Å². The number of hydrogen-bond donors (Lipinski definition) is 2. The number of nitrogens with one attached hydrogen (secondary N) is 2. The van der Waals surface area contributed by atoms with Crippen LogP contribution in [0, 0.1) is 5.41 Å². The predicted molar refractivity (Wildman–Crippen MR) is 82.9 cm³/mol. The molecule has 1 aliphatic rings. The topological polar surface area (TPSA) is 61.4 Å². The molecule has 0 radical (unpaired) electrons. The Morgan fingerprint density at radius 1 is 1.33 bits per heavy atom. The Bertz CT molecular complexity index is 496. The van der Waals surface area contributed by atoms with Crippen molar-refractivity contribution >= 4 is 17.5 Å². The maximum Gasteiger partial charge on any atom is 0.243 e. The lowest BCUT2D eigenvalue weighted by atomic mass is 9.83. The van der Waals surface area contributed by atoms with Crippen molar-refractivity contribution in [2.45, 2.75) is 19.8 Å². The van der Waals surface area contributed by atoms with Crippen molar-refractivity contribution < 1.29 is 9.59 Å². The van der Waals surface area contributed by atoms with E-state index in [1.807, 2.05) is 37.3 Å². The molecule has 1 saturated heterocycles. The molecule has 2 N–H and O–H groups in total. The van der Waals surface area contributed by atoms with Gasteiger partial charge in [0.25, 0.3) is 0 Å². The Balaban J connectivity index is 1.93. The highest BCUT2D eigenvalue weighted by atomic mass is 16.2. The summed E-state index contributed by atoms with van der Waals surface area (Å²) in [7, 11) is 1.70. The Kier molecular flexibility index (Phi) is 4.96. The first-order valence-corrected chi connectivity index (χ1v) is 7.38. The molecule has 0 aromatic heterocycles. The van der Waals surface area contributed by atoms with Gasteiger partial charge in [0.2, 0.25) is 11.8 Å². The third kappa shape index (κ3) is 3.61. The number of hydrogen-bond acceptors (Lipinski definition) is 3. The van der Waals surface area contributed by atoms with Gasteiger partial charge in [0.15, 0.2) is 0 Å². The van der Waals surface area contributed by atoms with Crippen LogP contribution in [0.15, 0.2) is 30.3 Å². The molecule has 2 rings (SSSR count). The van der Waals surface area contributed by atoms with Crippen molar-refractivity contribution in [3.8, 4) is 0 Å². The lowest BCUT2D eigenvalue weighted by molar-refractivity contribution is -0.142. The molecule has 0 saturated carbocycles. The van der Waals surface area contributed by atoms with E-state index in [9.17, 15) is 9.59 Å². The molecule has 21 heavy (non-hydrogen) atoms. The first-order chi connectivity index (χ1) is 10.1. The molecule has 1 heterocycles. The molecule has 0 aliphatic carbocycles. The molecular weight excluding hydrogens is 266 g/mol. The summed E-state index contributed by atoms with van der Waals surface area (Å²) in [4.78, 5) is 26.1. The number of anilines is 1. The lowest BCUT2D eigenvalue weighted by Crippen LogP contribution is -2.45. The number of amides is 2. The monoisotopic (exact) mass is 289 g/mol. The average molecular weight is 289 g/mol. The maximum atomic E-state index is 12.6. The summed E-state index contributed by atoms with van der Waals surface area (Å²) in [6.07, 6.45) is 1.64. The van der Waals surface area contributed by atoms with E-state index in [0.29, 0.717) is 6.54 Å². The summed E-state index contributed by atoms with van der Waals surface area (Å²) >= 11 is 0. The van der Waals surface area contributed by atoms with E-state index in [1.54, 1.807) is 7.05 Å². The van der Waals surface area contributed by atoms with Gasteiger partial charge in [-0.1, -0.05) is 25.1 Å². The molecule has 1 atom stereocenters. The second kappa shape index (κ2) is 6.72. The van der Waals surface area contributed by atoms with Crippen molar-refractivity contribution in [3.63, 3.8) is 0 Å². The van der Waals surface area contributed by atoms with Gasteiger partial charge >= 0.3 is 0 Å². The number of para-hydroxylation sites is 1. The summed E-state index contributed by atoms with van der Waals surface area (Å²) in [5.74, 6) is -0.118.